The molecule has 2 heteroatoms. The summed E-state index contributed by atoms with van der Waals surface area (Å²) >= 11 is 0. The molecule has 0 aromatic carbocycles. The van der Waals surface area contributed by atoms with Gasteiger partial charge in [-0.05, 0) is 19.2 Å². The summed E-state index contributed by atoms with van der Waals surface area (Å²) in [6, 6.07) is 0. The molecule has 0 fully saturated rings. The Labute approximate surface area is 49.6 Å². The van der Waals surface area contributed by atoms with E-state index in [1.54, 1.807) is 6.08 Å². The molecule has 0 spiro atoms. The quantitative estimate of drug-likeness (QED) is 0.438. The van der Waals surface area contributed by atoms with E-state index in [2.05, 4.69) is 6.58 Å². The predicted octanol–water partition coefficient (Wildman–Crippen LogP) is 1.01. The zero-order valence-electron chi connectivity index (χ0n) is 5.05. The Morgan fingerprint density at radius 3 is 2.88 bits per heavy atom. The number of hydrogen-bond acceptors (Lipinski definition) is 2. The molecule has 0 saturated carbocycles. The summed E-state index contributed by atoms with van der Waals surface area (Å²) in [6.45, 7) is 6.09. The fourth-order valence-corrected chi connectivity index (χ4v) is 0.341. The molecule has 0 unspecified atom stereocenters. The first-order valence-electron chi connectivity index (χ1n) is 2.51. The molecular weight excluding hydrogens is 102 g/mol. The van der Waals surface area contributed by atoms with E-state index in [-0.39, 0.29) is 0 Å². The van der Waals surface area contributed by atoms with Gasteiger partial charge in [-0.1, -0.05) is 6.58 Å². The zero-order valence-corrected chi connectivity index (χ0v) is 5.05. The number of allylic oxidation sites excluding steroid dienone is 1. The van der Waals surface area contributed by atoms with Crippen LogP contribution in [0.2, 0.25) is 0 Å². The maximum atomic E-state index is 5.04. The molecule has 0 atom stereocenters. The summed E-state index contributed by atoms with van der Waals surface area (Å²) in [5.74, 6) is 0.606. The maximum absolute atomic E-state index is 5.04. The molecule has 0 saturated heterocycles. The van der Waals surface area contributed by atoms with Gasteiger partial charge in [-0.2, -0.15) is 0 Å². The first-order chi connectivity index (χ1) is 3.81. The summed E-state index contributed by atoms with van der Waals surface area (Å²) in [5.41, 5.74) is 5.04. The van der Waals surface area contributed by atoms with Crippen molar-refractivity contribution in [1.29, 1.82) is 0 Å². The van der Waals surface area contributed by atoms with Gasteiger partial charge in [0.15, 0.2) is 0 Å². The molecule has 2 nitrogen and oxygen atoms in total. The molecule has 0 aromatic heterocycles. The molecule has 0 rings (SSSR count). The number of ether oxygens (including phenoxy) is 1. The van der Waals surface area contributed by atoms with E-state index in [0.29, 0.717) is 12.4 Å². The van der Waals surface area contributed by atoms with Gasteiger partial charge >= 0.3 is 0 Å². The fraction of sp³-hybridized carbons (Fsp3) is 0.333. The summed E-state index contributed by atoms with van der Waals surface area (Å²) in [7, 11) is 0. The number of nitrogens with two attached hydrogens (primary N) is 1. The zero-order chi connectivity index (χ0) is 6.41. The van der Waals surface area contributed by atoms with Crippen molar-refractivity contribution in [2.45, 2.75) is 6.92 Å². The van der Waals surface area contributed by atoms with Gasteiger partial charge < -0.3 is 10.5 Å². The van der Waals surface area contributed by atoms with E-state index in [4.69, 9.17) is 10.5 Å². The summed E-state index contributed by atoms with van der Waals surface area (Å²) in [5, 5.41) is 0. The molecule has 0 aliphatic rings. The van der Waals surface area contributed by atoms with Crippen molar-refractivity contribution in [2.75, 3.05) is 6.61 Å². The maximum Gasteiger partial charge on any atom is 0.113 e. The minimum absolute atomic E-state index is 0.606. The van der Waals surface area contributed by atoms with Crippen LogP contribution in [0, 0.1) is 0 Å². The Balaban J connectivity index is 3.33. The van der Waals surface area contributed by atoms with Crippen LogP contribution in [0.5, 0.6) is 0 Å². The van der Waals surface area contributed by atoms with Gasteiger partial charge in [0.05, 0.1) is 6.61 Å². The highest BCUT2D eigenvalue weighted by Gasteiger charge is 1.79. The lowest BCUT2D eigenvalue weighted by Crippen LogP contribution is -1.86. The lowest BCUT2D eigenvalue weighted by molar-refractivity contribution is 0.244. The van der Waals surface area contributed by atoms with Crippen LogP contribution in [-0.2, 0) is 4.74 Å². The minimum Gasteiger partial charge on any atom is -0.494 e. The van der Waals surface area contributed by atoms with Crippen molar-refractivity contribution in [1.82, 2.24) is 0 Å². The second-order valence-corrected chi connectivity index (χ2v) is 1.26. The molecule has 0 aliphatic heterocycles. The van der Waals surface area contributed by atoms with Crippen molar-refractivity contribution in [3.63, 3.8) is 0 Å². The van der Waals surface area contributed by atoms with Gasteiger partial charge in [-0.25, -0.2) is 0 Å². The van der Waals surface area contributed by atoms with Crippen molar-refractivity contribution in [2.24, 2.45) is 5.73 Å². The van der Waals surface area contributed by atoms with Crippen LogP contribution in [0.4, 0.5) is 0 Å². The second kappa shape index (κ2) is 4.24. The highest BCUT2D eigenvalue weighted by Crippen LogP contribution is 1.91. The SMILES string of the molecule is C=C(/C=C\N)OCC. The third-order valence-electron chi connectivity index (χ3n) is 0.612. The Morgan fingerprint density at radius 2 is 2.50 bits per heavy atom. The summed E-state index contributed by atoms with van der Waals surface area (Å²) in [4.78, 5) is 0. The standard InChI is InChI=1S/C6H11NO/c1-3-8-6(2)4-5-7/h4-5H,2-3,7H2,1H3/b5-4-. The average Bonchev–Trinajstić information content (AvgIpc) is 1.68. The Bertz CT molecular complexity index is 96.7. The van der Waals surface area contributed by atoms with Gasteiger partial charge in [0.25, 0.3) is 0 Å². The van der Waals surface area contributed by atoms with Crippen molar-refractivity contribution in [3.05, 3.63) is 24.6 Å². The molecule has 0 bridgehead atoms. The number of rotatable bonds is 3. The lowest BCUT2D eigenvalue weighted by Gasteiger charge is -1.97. The molecule has 8 heavy (non-hydrogen) atoms. The first-order valence-corrected chi connectivity index (χ1v) is 2.51. The average molecular weight is 113 g/mol. The van der Waals surface area contributed by atoms with Crippen LogP contribution in [-0.4, -0.2) is 6.61 Å². The monoisotopic (exact) mass is 113 g/mol. The highest BCUT2D eigenvalue weighted by molar-refractivity contribution is 5.04. The Morgan fingerprint density at radius 1 is 1.88 bits per heavy atom. The van der Waals surface area contributed by atoms with Gasteiger partial charge in [0.2, 0.25) is 0 Å². The van der Waals surface area contributed by atoms with Gasteiger partial charge in [0.1, 0.15) is 5.76 Å². The van der Waals surface area contributed by atoms with Crippen molar-refractivity contribution in [3.8, 4) is 0 Å². The topological polar surface area (TPSA) is 35.2 Å². The predicted molar refractivity (Wildman–Crippen MR) is 34.1 cm³/mol. The Kier molecular flexibility index (Phi) is 3.76. The fourth-order valence-electron chi connectivity index (χ4n) is 0.341. The van der Waals surface area contributed by atoms with Crippen LogP contribution in [0.3, 0.4) is 0 Å². The third kappa shape index (κ3) is 3.28. The van der Waals surface area contributed by atoms with Crippen LogP contribution in [0.1, 0.15) is 6.92 Å². The second-order valence-electron chi connectivity index (χ2n) is 1.26. The third-order valence-corrected chi connectivity index (χ3v) is 0.612. The molecule has 46 valence electrons. The van der Waals surface area contributed by atoms with Crippen LogP contribution < -0.4 is 5.73 Å². The molecule has 0 radical (unpaired) electrons. The van der Waals surface area contributed by atoms with Gasteiger partial charge in [0, 0.05) is 0 Å². The van der Waals surface area contributed by atoms with Crippen LogP contribution in [0.25, 0.3) is 0 Å². The summed E-state index contributed by atoms with van der Waals surface area (Å²) < 4.78 is 4.92. The molecule has 2 N–H and O–H groups in total. The Hall–Kier alpha value is -0.920. The largest absolute Gasteiger partial charge is 0.494 e. The molecule has 0 aliphatic carbocycles. The molecular formula is C6H11NO. The van der Waals surface area contributed by atoms with E-state index in [0.717, 1.165) is 0 Å². The molecule has 0 heterocycles. The van der Waals surface area contributed by atoms with Crippen LogP contribution >= 0.6 is 0 Å². The normalized spacial score (nSPS) is 9.62. The van der Waals surface area contributed by atoms with Gasteiger partial charge in [-0.15, -0.1) is 0 Å². The smallest absolute Gasteiger partial charge is 0.113 e. The van der Waals surface area contributed by atoms with E-state index >= 15 is 0 Å². The minimum atomic E-state index is 0.606. The first kappa shape index (κ1) is 7.08. The van der Waals surface area contributed by atoms with Crippen molar-refractivity contribution < 1.29 is 4.74 Å². The van der Waals surface area contributed by atoms with Gasteiger partial charge in [-0.3, -0.25) is 0 Å². The van der Waals surface area contributed by atoms with Crippen molar-refractivity contribution >= 4 is 0 Å². The van der Waals surface area contributed by atoms with E-state index in [1.165, 1.54) is 6.20 Å². The lowest BCUT2D eigenvalue weighted by atomic mass is 10.5. The highest BCUT2D eigenvalue weighted by atomic mass is 16.5. The van der Waals surface area contributed by atoms with E-state index < -0.39 is 0 Å². The summed E-state index contributed by atoms with van der Waals surface area (Å²) in [6.07, 6.45) is 3.02. The molecule has 0 amide bonds. The van der Waals surface area contributed by atoms with E-state index in [9.17, 15) is 0 Å². The van der Waals surface area contributed by atoms with Crippen LogP contribution in [0.15, 0.2) is 24.6 Å². The molecule has 0 aromatic rings. The number of hydrogen-bond donors (Lipinski definition) is 1. The van der Waals surface area contributed by atoms with E-state index in [1.807, 2.05) is 6.92 Å².